The van der Waals surface area contributed by atoms with Crippen molar-refractivity contribution >= 4 is 51.5 Å². The van der Waals surface area contributed by atoms with Gasteiger partial charge in [0.1, 0.15) is 16.9 Å². The molecule has 0 aliphatic carbocycles. The SMILES string of the molecule is CC(=O)N1CCc2c(sc(NC(=O)CSc3cccc(NC(=O)c4ccc(F)cc4)c3)c2C#N)C1. The van der Waals surface area contributed by atoms with Crippen molar-refractivity contribution in [2.45, 2.75) is 24.8 Å². The van der Waals surface area contributed by atoms with Crippen LogP contribution in [-0.4, -0.2) is 34.9 Å². The number of halogens is 1. The molecule has 1 aliphatic rings. The lowest BCUT2D eigenvalue weighted by molar-refractivity contribution is -0.129. The summed E-state index contributed by atoms with van der Waals surface area (Å²) in [6.45, 7) is 2.53. The molecule has 4 rings (SSSR count). The summed E-state index contributed by atoms with van der Waals surface area (Å²) in [6.07, 6.45) is 0.593. The number of carbonyl (C=O) groups is 3. The summed E-state index contributed by atoms with van der Waals surface area (Å²) in [7, 11) is 0. The first-order valence-electron chi connectivity index (χ1n) is 10.7. The van der Waals surface area contributed by atoms with Gasteiger partial charge >= 0.3 is 0 Å². The molecule has 3 aromatic rings. The molecule has 0 radical (unpaired) electrons. The Kier molecular flexibility index (Phi) is 7.48. The summed E-state index contributed by atoms with van der Waals surface area (Å²) in [5, 5.41) is 15.7. The lowest BCUT2D eigenvalue weighted by Crippen LogP contribution is -2.33. The number of nitrogens with zero attached hydrogens (tertiary/aromatic N) is 2. The van der Waals surface area contributed by atoms with E-state index in [0.29, 0.717) is 41.3 Å². The van der Waals surface area contributed by atoms with Gasteiger partial charge in [-0.15, -0.1) is 23.1 Å². The molecule has 0 saturated heterocycles. The van der Waals surface area contributed by atoms with Crippen LogP contribution >= 0.6 is 23.1 Å². The Morgan fingerprint density at radius 2 is 1.94 bits per heavy atom. The van der Waals surface area contributed by atoms with E-state index in [9.17, 15) is 24.0 Å². The van der Waals surface area contributed by atoms with Crippen molar-refractivity contribution < 1.29 is 18.8 Å². The molecule has 0 fully saturated rings. The smallest absolute Gasteiger partial charge is 0.255 e. The van der Waals surface area contributed by atoms with Gasteiger partial charge in [-0.25, -0.2) is 4.39 Å². The van der Waals surface area contributed by atoms with Crippen LogP contribution in [0.15, 0.2) is 53.4 Å². The van der Waals surface area contributed by atoms with Gasteiger partial charge in [0.25, 0.3) is 5.91 Å². The Balaban J connectivity index is 1.36. The molecule has 178 valence electrons. The number of nitriles is 1. The minimum absolute atomic E-state index is 0.0133. The number of carbonyl (C=O) groups excluding carboxylic acids is 3. The molecule has 7 nitrogen and oxygen atoms in total. The van der Waals surface area contributed by atoms with E-state index in [4.69, 9.17) is 0 Å². The average Bonchev–Trinajstić information content (AvgIpc) is 3.19. The molecular weight excluding hydrogens is 487 g/mol. The lowest BCUT2D eigenvalue weighted by Gasteiger charge is -2.25. The number of rotatable bonds is 6. The van der Waals surface area contributed by atoms with Crippen LogP contribution in [-0.2, 0) is 22.6 Å². The van der Waals surface area contributed by atoms with Crippen molar-refractivity contribution in [1.82, 2.24) is 4.90 Å². The van der Waals surface area contributed by atoms with Gasteiger partial charge < -0.3 is 15.5 Å². The highest BCUT2D eigenvalue weighted by atomic mass is 32.2. The minimum atomic E-state index is -0.416. The zero-order chi connectivity index (χ0) is 24.9. The largest absolute Gasteiger partial charge is 0.337 e. The van der Waals surface area contributed by atoms with Crippen LogP contribution in [0.1, 0.15) is 33.3 Å². The maximum atomic E-state index is 13.1. The number of hydrogen-bond acceptors (Lipinski definition) is 6. The number of hydrogen-bond donors (Lipinski definition) is 2. The summed E-state index contributed by atoms with van der Waals surface area (Å²) < 4.78 is 13.1. The zero-order valence-corrected chi connectivity index (χ0v) is 20.4. The van der Waals surface area contributed by atoms with E-state index in [0.717, 1.165) is 15.3 Å². The van der Waals surface area contributed by atoms with E-state index < -0.39 is 5.82 Å². The molecule has 10 heteroatoms. The predicted molar refractivity (Wildman–Crippen MR) is 134 cm³/mol. The third-order valence-electron chi connectivity index (χ3n) is 5.44. The first-order chi connectivity index (χ1) is 16.8. The second-order valence-corrected chi connectivity index (χ2v) is 9.99. The molecule has 35 heavy (non-hydrogen) atoms. The maximum absolute atomic E-state index is 13.1. The van der Waals surface area contributed by atoms with Crippen LogP contribution in [0.3, 0.4) is 0 Å². The molecule has 1 aliphatic heterocycles. The van der Waals surface area contributed by atoms with Crippen molar-refractivity contribution in [1.29, 1.82) is 5.26 Å². The second kappa shape index (κ2) is 10.7. The number of thiophene rings is 1. The Bertz CT molecular complexity index is 1330. The first-order valence-corrected chi connectivity index (χ1v) is 12.5. The first kappa shape index (κ1) is 24.4. The molecule has 0 atom stereocenters. The third kappa shape index (κ3) is 5.88. The van der Waals surface area contributed by atoms with Gasteiger partial charge in [-0.3, -0.25) is 14.4 Å². The van der Waals surface area contributed by atoms with Crippen LogP contribution in [0.5, 0.6) is 0 Å². The van der Waals surface area contributed by atoms with E-state index in [2.05, 4.69) is 16.7 Å². The van der Waals surface area contributed by atoms with Crippen molar-refractivity contribution in [3.05, 3.63) is 75.9 Å². The summed E-state index contributed by atoms with van der Waals surface area (Å²) in [6, 6.07) is 14.5. The highest BCUT2D eigenvalue weighted by molar-refractivity contribution is 8.00. The summed E-state index contributed by atoms with van der Waals surface area (Å²) in [5.41, 5.74) is 2.26. The molecule has 2 heterocycles. The summed E-state index contributed by atoms with van der Waals surface area (Å²) in [5.74, 6) is -0.933. The summed E-state index contributed by atoms with van der Waals surface area (Å²) >= 11 is 2.63. The molecular formula is C25H21FN4O3S2. The van der Waals surface area contributed by atoms with Crippen LogP contribution < -0.4 is 10.6 Å². The second-order valence-electron chi connectivity index (χ2n) is 7.84. The topological polar surface area (TPSA) is 102 Å². The van der Waals surface area contributed by atoms with Gasteiger partial charge in [0.2, 0.25) is 11.8 Å². The number of anilines is 2. The number of nitrogens with one attached hydrogen (secondary N) is 2. The van der Waals surface area contributed by atoms with E-state index in [1.807, 2.05) is 6.07 Å². The minimum Gasteiger partial charge on any atom is -0.337 e. The standard InChI is InChI=1S/C25H21FN4O3S2/c1-15(31)30-10-9-20-21(12-27)25(35-22(20)13-30)29-23(32)14-34-19-4-2-3-18(11-19)28-24(33)16-5-7-17(26)8-6-16/h2-8,11H,9-10,13-14H2,1H3,(H,28,33)(H,29,32). The van der Waals surface area contributed by atoms with Crippen LogP contribution in [0.25, 0.3) is 0 Å². The fourth-order valence-corrected chi connectivity index (χ4v) is 5.64. The van der Waals surface area contributed by atoms with Gasteiger partial charge in [0.05, 0.1) is 17.9 Å². The zero-order valence-electron chi connectivity index (χ0n) is 18.8. The fraction of sp³-hybridized carbons (Fsp3) is 0.200. The molecule has 2 aromatic carbocycles. The number of amides is 3. The van der Waals surface area contributed by atoms with Crippen molar-refractivity contribution in [3.63, 3.8) is 0 Å². The van der Waals surface area contributed by atoms with E-state index >= 15 is 0 Å². The van der Waals surface area contributed by atoms with Crippen molar-refractivity contribution in [3.8, 4) is 6.07 Å². The molecule has 3 amide bonds. The van der Waals surface area contributed by atoms with Crippen LogP contribution in [0.2, 0.25) is 0 Å². The molecule has 2 N–H and O–H groups in total. The van der Waals surface area contributed by atoms with Crippen molar-refractivity contribution in [2.24, 2.45) is 0 Å². The lowest BCUT2D eigenvalue weighted by atomic mass is 10.0. The van der Waals surface area contributed by atoms with Gasteiger partial charge in [-0.1, -0.05) is 6.07 Å². The van der Waals surface area contributed by atoms with Gasteiger partial charge in [0.15, 0.2) is 0 Å². The average molecular weight is 509 g/mol. The Morgan fingerprint density at radius 3 is 2.66 bits per heavy atom. The molecule has 0 bridgehead atoms. The number of benzene rings is 2. The third-order valence-corrected chi connectivity index (χ3v) is 7.56. The summed E-state index contributed by atoms with van der Waals surface area (Å²) in [4.78, 5) is 40.1. The number of fused-ring (bicyclic) bond motifs is 1. The molecule has 0 unspecified atom stereocenters. The Hall–Kier alpha value is -3.68. The van der Waals surface area contributed by atoms with E-state index in [1.54, 1.807) is 23.1 Å². The van der Waals surface area contributed by atoms with Crippen molar-refractivity contribution in [2.75, 3.05) is 22.9 Å². The predicted octanol–water partition coefficient (Wildman–Crippen LogP) is 4.65. The molecule has 0 saturated carbocycles. The van der Waals surface area contributed by atoms with Gasteiger partial charge in [-0.05, 0) is 54.4 Å². The highest BCUT2D eigenvalue weighted by Gasteiger charge is 2.26. The van der Waals surface area contributed by atoms with E-state index in [-0.39, 0.29) is 23.5 Å². The van der Waals surface area contributed by atoms with E-state index in [1.165, 1.54) is 54.3 Å². The number of thioether (sulfide) groups is 1. The Labute approximate surface area is 209 Å². The Morgan fingerprint density at radius 1 is 1.17 bits per heavy atom. The van der Waals surface area contributed by atoms with Crippen LogP contribution in [0, 0.1) is 17.1 Å². The van der Waals surface area contributed by atoms with Crippen LogP contribution in [0.4, 0.5) is 15.1 Å². The normalized spacial score (nSPS) is 12.4. The quantitative estimate of drug-likeness (QED) is 0.472. The molecule has 1 aromatic heterocycles. The maximum Gasteiger partial charge on any atom is 0.255 e. The van der Waals surface area contributed by atoms with Gasteiger partial charge in [-0.2, -0.15) is 5.26 Å². The highest BCUT2D eigenvalue weighted by Crippen LogP contribution is 2.37. The fourth-order valence-electron chi connectivity index (χ4n) is 3.66. The molecule has 0 spiro atoms. The van der Waals surface area contributed by atoms with Gasteiger partial charge in [0, 0.05) is 34.5 Å². The monoisotopic (exact) mass is 508 g/mol.